The van der Waals surface area contributed by atoms with Crippen LogP contribution in [0.15, 0.2) is 58.1 Å². The van der Waals surface area contributed by atoms with Crippen LogP contribution >= 0.6 is 0 Å². The fourth-order valence-electron chi connectivity index (χ4n) is 2.37. The molecule has 0 aliphatic carbocycles. The Morgan fingerprint density at radius 3 is 2.41 bits per heavy atom. The molecule has 3 rings (SSSR count). The number of benzene rings is 2. The van der Waals surface area contributed by atoms with E-state index in [1.54, 1.807) is 25.3 Å². The van der Waals surface area contributed by atoms with Crippen LogP contribution in [-0.4, -0.2) is 19.4 Å². The zero-order valence-corrected chi connectivity index (χ0v) is 12.2. The molecule has 0 saturated carbocycles. The Labute approximate surface area is 127 Å². The minimum Gasteiger partial charge on any atom is -0.493 e. The molecule has 0 saturated heterocycles. The Kier molecular flexibility index (Phi) is 3.70. The zero-order chi connectivity index (χ0) is 15.5. The molecule has 0 aliphatic heterocycles. The average molecular weight is 297 g/mol. The number of rotatable bonds is 3. The predicted molar refractivity (Wildman–Crippen MR) is 82.1 cm³/mol. The van der Waals surface area contributed by atoms with Crippen molar-refractivity contribution in [3.8, 4) is 22.8 Å². The molecule has 0 radical (unpaired) electrons. The van der Waals surface area contributed by atoms with Crippen molar-refractivity contribution < 1.29 is 19.1 Å². The predicted octanol–water partition coefficient (Wildman–Crippen LogP) is 3.41. The molecule has 112 valence electrons. The van der Waals surface area contributed by atoms with E-state index in [9.17, 15) is 5.21 Å². The summed E-state index contributed by atoms with van der Waals surface area (Å²) in [6.07, 6.45) is 0. The maximum Gasteiger partial charge on any atom is 0.204 e. The van der Waals surface area contributed by atoms with Crippen LogP contribution in [0.25, 0.3) is 22.3 Å². The van der Waals surface area contributed by atoms with E-state index in [1.807, 2.05) is 30.3 Å². The molecule has 1 aromatic heterocycles. The lowest BCUT2D eigenvalue weighted by Crippen LogP contribution is -2.04. The van der Waals surface area contributed by atoms with Crippen molar-refractivity contribution in [1.82, 2.24) is 0 Å². The van der Waals surface area contributed by atoms with Gasteiger partial charge in [-0.15, -0.1) is 0 Å². The lowest BCUT2D eigenvalue weighted by Gasteiger charge is -2.11. The normalized spacial score (nSPS) is 11.6. The quantitative estimate of drug-likeness (QED) is 0.594. The highest BCUT2D eigenvalue weighted by Crippen LogP contribution is 2.35. The number of nitrogens with zero attached hydrogens (tertiary/aromatic N) is 1. The topological polar surface area (TPSA) is 64.2 Å². The molecule has 0 amide bonds. The van der Waals surface area contributed by atoms with Crippen molar-refractivity contribution in [2.45, 2.75) is 0 Å². The van der Waals surface area contributed by atoms with E-state index in [4.69, 9.17) is 13.9 Å². The van der Waals surface area contributed by atoms with Gasteiger partial charge in [-0.3, -0.25) is 0 Å². The molecule has 1 heterocycles. The van der Waals surface area contributed by atoms with Crippen molar-refractivity contribution >= 4 is 11.0 Å². The standard InChI is InChI=1S/C17H15NO4/c1-20-14-9-8-12-13(18-19)10-15(11-6-4-3-5-7-11)22-16(12)17(14)21-2/h3-10,19H,1-2H3. The maximum atomic E-state index is 9.31. The van der Waals surface area contributed by atoms with Crippen LogP contribution in [0.4, 0.5) is 0 Å². The molecular formula is C17H15NO4. The molecule has 0 fully saturated rings. The molecule has 5 nitrogen and oxygen atoms in total. The van der Waals surface area contributed by atoms with E-state index in [2.05, 4.69) is 5.16 Å². The highest BCUT2D eigenvalue weighted by atomic mass is 16.5. The summed E-state index contributed by atoms with van der Waals surface area (Å²) in [5, 5.41) is 13.7. The fourth-order valence-corrected chi connectivity index (χ4v) is 2.37. The SMILES string of the molecule is COc1ccc2c(=NO)cc(-c3ccccc3)oc2c1OC. The third-order valence-electron chi connectivity index (χ3n) is 3.42. The highest BCUT2D eigenvalue weighted by Gasteiger charge is 2.14. The van der Waals surface area contributed by atoms with E-state index in [1.165, 1.54) is 7.11 Å². The summed E-state index contributed by atoms with van der Waals surface area (Å²) in [5.74, 6) is 1.59. The molecule has 5 heteroatoms. The molecule has 3 aromatic rings. The minimum absolute atomic E-state index is 0.404. The lowest BCUT2D eigenvalue weighted by molar-refractivity contribution is 0.302. The molecule has 0 atom stereocenters. The van der Waals surface area contributed by atoms with Gasteiger partial charge in [0.05, 0.1) is 19.6 Å². The Morgan fingerprint density at radius 1 is 1.00 bits per heavy atom. The van der Waals surface area contributed by atoms with Crippen LogP contribution in [0.5, 0.6) is 11.5 Å². The van der Waals surface area contributed by atoms with Gasteiger partial charge in [0.2, 0.25) is 5.75 Å². The third-order valence-corrected chi connectivity index (χ3v) is 3.42. The Bertz CT molecular complexity index is 869. The molecular weight excluding hydrogens is 282 g/mol. The largest absolute Gasteiger partial charge is 0.493 e. The van der Waals surface area contributed by atoms with Gasteiger partial charge in [0.15, 0.2) is 11.3 Å². The van der Waals surface area contributed by atoms with Crippen LogP contribution in [-0.2, 0) is 0 Å². The summed E-state index contributed by atoms with van der Waals surface area (Å²) in [5.41, 5.74) is 1.34. The van der Waals surface area contributed by atoms with Gasteiger partial charge in [-0.2, -0.15) is 0 Å². The smallest absolute Gasteiger partial charge is 0.204 e. The zero-order valence-electron chi connectivity index (χ0n) is 12.2. The summed E-state index contributed by atoms with van der Waals surface area (Å²) in [6.45, 7) is 0. The maximum absolute atomic E-state index is 9.31. The molecule has 22 heavy (non-hydrogen) atoms. The number of ether oxygens (including phenoxy) is 2. The van der Waals surface area contributed by atoms with Crippen molar-refractivity contribution in [3.05, 3.63) is 53.9 Å². The first-order chi connectivity index (χ1) is 10.8. The fraction of sp³-hybridized carbons (Fsp3) is 0.118. The molecule has 0 aliphatic rings. The summed E-state index contributed by atoms with van der Waals surface area (Å²) in [6, 6.07) is 14.8. The first-order valence-corrected chi connectivity index (χ1v) is 6.71. The van der Waals surface area contributed by atoms with Crippen molar-refractivity contribution in [3.63, 3.8) is 0 Å². The van der Waals surface area contributed by atoms with Gasteiger partial charge < -0.3 is 19.1 Å². The second kappa shape index (κ2) is 5.81. The molecule has 2 aromatic carbocycles. The number of fused-ring (bicyclic) bond motifs is 1. The lowest BCUT2D eigenvalue weighted by atomic mass is 10.1. The summed E-state index contributed by atoms with van der Waals surface area (Å²) in [7, 11) is 3.10. The number of hydrogen-bond donors (Lipinski definition) is 1. The molecule has 0 unspecified atom stereocenters. The Morgan fingerprint density at radius 2 is 1.77 bits per heavy atom. The van der Waals surface area contributed by atoms with E-state index >= 15 is 0 Å². The van der Waals surface area contributed by atoms with E-state index in [0.717, 1.165) is 5.56 Å². The Hall–Kier alpha value is -2.95. The number of methoxy groups -OCH3 is 2. The Balaban J connectivity index is 2.39. The molecule has 0 spiro atoms. The van der Waals surface area contributed by atoms with Gasteiger partial charge in [0.25, 0.3) is 0 Å². The van der Waals surface area contributed by atoms with Crippen LogP contribution in [0.2, 0.25) is 0 Å². The second-order valence-corrected chi connectivity index (χ2v) is 4.64. The highest BCUT2D eigenvalue weighted by molar-refractivity contribution is 5.86. The van der Waals surface area contributed by atoms with Gasteiger partial charge in [0.1, 0.15) is 11.1 Å². The van der Waals surface area contributed by atoms with Crippen molar-refractivity contribution in [2.75, 3.05) is 14.2 Å². The van der Waals surface area contributed by atoms with Crippen molar-refractivity contribution in [1.29, 1.82) is 0 Å². The van der Waals surface area contributed by atoms with E-state index < -0.39 is 0 Å². The second-order valence-electron chi connectivity index (χ2n) is 4.64. The third kappa shape index (κ3) is 2.26. The number of hydrogen-bond acceptors (Lipinski definition) is 5. The van der Waals surface area contributed by atoms with Gasteiger partial charge in [-0.05, 0) is 12.1 Å². The van der Waals surface area contributed by atoms with Crippen LogP contribution in [0, 0.1) is 0 Å². The average Bonchev–Trinajstić information content (AvgIpc) is 2.60. The first-order valence-electron chi connectivity index (χ1n) is 6.71. The van der Waals surface area contributed by atoms with Crippen LogP contribution in [0.1, 0.15) is 0 Å². The van der Waals surface area contributed by atoms with E-state index in [-0.39, 0.29) is 0 Å². The van der Waals surface area contributed by atoms with Gasteiger partial charge >= 0.3 is 0 Å². The summed E-state index contributed by atoms with van der Waals surface area (Å²) < 4.78 is 16.7. The summed E-state index contributed by atoms with van der Waals surface area (Å²) in [4.78, 5) is 0. The molecule has 0 bridgehead atoms. The van der Waals surface area contributed by atoms with Gasteiger partial charge in [-0.25, -0.2) is 0 Å². The van der Waals surface area contributed by atoms with Gasteiger partial charge in [0, 0.05) is 11.6 Å². The van der Waals surface area contributed by atoms with Crippen LogP contribution < -0.4 is 14.8 Å². The first kappa shape index (κ1) is 14.0. The monoisotopic (exact) mass is 297 g/mol. The van der Waals surface area contributed by atoms with Gasteiger partial charge in [-0.1, -0.05) is 35.5 Å². The molecule has 1 N–H and O–H groups in total. The van der Waals surface area contributed by atoms with Crippen molar-refractivity contribution in [2.24, 2.45) is 5.16 Å². The van der Waals surface area contributed by atoms with E-state index in [0.29, 0.717) is 33.6 Å². The summed E-state index contributed by atoms with van der Waals surface area (Å²) >= 11 is 0. The van der Waals surface area contributed by atoms with Crippen LogP contribution in [0.3, 0.4) is 0 Å². The minimum atomic E-state index is 0.404.